The van der Waals surface area contributed by atoms with Crippen LogP contribution in [0.5, 0.6) is 0 Å². The molecule has 7 heteroatoms. The molecule has 47 heavy (non-hydrogen) atoms. The summed E-state index contributed by atoms with van der Waals surface area (Å²) in [6.45, 7) is 0. The molecule has 0 amide bonds. The van der Waals surface area contributed by atoms with Gasteiger partial charge in [0.05, 0.1) is 52.7 Å². The summed E-state index contributed by atoms with van der Waals surface area (Å²) >= 11 is 0. The molecule has 0 radical (unpaired) electrons. The normalized spacial score (nSPS) is 10.9. The molecule has 224 valence electrons. The summed E-state index contributed by atoms with van der Waals surface area (Å²) < 4.78 is 6.16. The van der Waals surface area contributed by atoms with Gasteiger partial charge in [0.2, 0.25) is 0 Å². The standard InChI is InChI=1S/C40H26NO4P2/c42-27-31-26-40(39(30-45)38(29-44)37(31)28-43)47(35-22-12-4-13-23-35,36-24-14-5-15-25-36)41-46(32-16-6-1-7-17-32,33-18-8-2-9-19-33)34-20-10-3-11-21-34/h1-26H/q+1. The van der Waals surface area contributed by atoms with Crippen LogP contribution in [0.25, 0.3) is 0 Å². The number of rotatable bonds is 6. The number of hydrogen-bond acceptors (Lipinski definition) is 4. The average molecular weight is 647 g/mol. The topological polar surface area (TPSA) is 82.4 Å². The van der Waals surface area contributed by atoms with E-state index in [2.05, 4.69) is 36.4 Å². The lowest BCUT2D eigenvalue weighted by atomic mass is 10.2. The van der Waals surface area contributed by atoms with E-state index in [9.17, 15) is 19.2 Å². The highest BCUT2D eigenvalue weighted by Crippen LogP contribution is 2.49. The Balaban J connectivity index is 2.18. The van der Waals surface area contributed by atoms with Crippen LogP contribution < -0.4 is 56.9 Å². The Morgan fingerprint density at radius 1 is 0.362 bits per heavy atom. The minimum Gasteiger partial charge on any atom is -0.233 e. The first kappa shape index (κ1) is 31.2. The lowest BCUT2D eigenvalue weighted by Crippen LogP contribution is -2.58. The third-order valence-electron chi connectivity index (χ3n) is 7.99. The zero-order chi connectivity index (χ0) is 32.7. The van der Waals surface area contributed by atoms with Crippen LogP contribution in [0.2, 0.25) is 0 Å². The van der Waals surface area contributed by atoms with Gasteiger partial charge in [-0.3, -0.25) is 0 Å². The molecule has 0 aliphatic carbocycles. The van der Waals surface area contributed by atoms with E-state index in [1.807, 2.05) is 127 Å². The van der Waals surface area contributed by atoms with Gasteiger partial charge in [-0.15, -0.1) is 4.17 Å². The third kappa shape index (κ3) is 5.41. The second-order valence-corrected chi connectivity index (χ2v) is 16.8. The van der Waals surface area contributed by atoms with Gasteiger partial charge in [0.15, 0.2) is 0 Å². The van der Waals surface area contributed by atoms with E-state index in [4.69, 9.17) is 4.17 Å². The van der Waals surface area contributed by atoms with E-state index in [-0.39, 0.29) is 20.9 Å². The quantitative estimate of drug-likeness (QED) is 0.194. The predicted octanol–water partition coefficient (Wildman–Crippen LogP) is 0.422. The molecule has 6 rings (SSSR count). The molecule has 0 fully saturated rings. The number of carbonyl (C=O) groups excluding carboxylic acids is 4. The molecular formula is C40H26NO4P2+. The Kier molecular flexibility index (Phi) is 9.09. The maximum absolute atomic E-state index is 13.0. The van der Waals surface area contributed by atoms with Crippen molar-refractivity contribution in [1.29, 1.82) is 0 Å². The largest absolute Gasteiger partial charge is 0.302 e. The molecule has 0 heterocycles. The lowest BCUT2D eigenvalue weighted by molar-refractivity contribution is 0.561. The van der Waals surface area contributed by atoms with Crippen LogP contribution in [-0.2, 0) is 19.2 Å². The van der Waals surface area contributed by atoms with Gasteiger partial charge < -0.3 is 0 Å². The summed E-state index contributed by atoms with van der Waals surface area (Å²) in [6.07, 6.45) is 0. The zero-order valence-electron chi connectivity index (χ0n) is 25.0. The Labute approximate surface area is 270 Å². The van der Waals surface area contributed by atoms with Gasteiger partial charge in [-0.2, -0.15) is 0 Å². The molecule has 0 aliphatic rings. The van der Waals surface area contributed by atoms with Crippen LogP contribution in [0.3, 0.4) is 0 Å². The molecule has 0 saturated carbocycles. The van der Waals surface area contributed by atoms with Crippen LogP contribution >= 0.6 is 14.1 Å². The summed E-state index contributed by atoms with van der Waals surface area (Å²) in [6, 6.07) is 50.8. The van der Waals surface area contributed by atoms with Crippen LogP contribution in [0.1, 0.15) is 0 Å². The summed E-state index contributed by atoms with van der Waals surface area (Å²) in [5.41, 5.74) is 0. The molecule has 0 bridgehead atoms. The predicted molar refractivity (Wildman–Crippen MR) is 190 cm³/mol. The molecule has 6 aromatic rings. The van der Waals surface area contributed by atoms with Gasteiger partial charge in [-0.05, 0) is 66.7 Å². The van der Waals surface area contributed by atoms with Crippen molar-refractivity contribution < 1.29 is 19.2 Å². The minimum atomic E-state index is -3.41. The summed E-state index contributed by atoms with van der Waals surface area (Å²) in [7, 11) is -6.41. The molecule has 0 saturated heterocycles. The van der Waals surface area contributed by atoms with Crippen molar-refractivity contribution in [2.45, 2.75) is 0 Å². The smallest absolute Gasteiger partial charge is 0.233 e. The van der Waals surface area contributed by atoms with Crippen LogP contribution in [0.4, 0.5) is 0 Å². The van der Waals surface area contributed by atoms with Gasteiger partial charge in [0.1, 0.15) is 23.8 Å². The zero-order valence-corrected chi connectivity index (χ0v) is 26.8. The average Bonchev–Trinajstić information content (AvgIpc) is 3.16. The number of benzene rings is 6. The fraction of sp³-hybridized carbons (Fsp3) is 0. The van der Waals surface area contributed by atoms with Gasteiger partial charge in [0, 0.05) is 0 Å². The Hall–Kier alpha value is -5.79. The number of nitrogens with zero attached hydrogens (tertiary/aromatic N) is 1. The second-order valence-electron chi connectivity index (χ2n) is 10.5. The van der Waals surface area contributed by atoms with E-state index in [0.717, 1.165) is 26.5 Å². The van der Waals surface area contributed by atoms with Crippen molar-refractivity contribution in [3.05, 3.63) is 179 Å². The van der Waals surface area contributed by atoms with Crippen molar-refractivity contribution >= 4 is 69.7 Å². The van der Waals surface area contributed by atoms with Gasteiger partial charge in [-0.1, -0.05) is 91.0 Å². The molecule has 5 nitrogen and oxygen atoms in total. The molecule has 0 spiro atoms. The van der Waals surface area contributed by atoms with Crippen molar-refractivity contribution in [3.63, 3.8) is 0 Å². The van der Waals surface area contributed by atoms with Crippen molar-refractivity contribution in [2.24, 2.45) is 0 Å². The van der Waals surface area contributed by atoms with Crippen LogP contribution in [0, 0.1) is 0 Å². The highest BCUT2D eigenvalue weighted by atomic mass is 31.2. The molecule has 6 aromatic carbocycles. The van der Waals surface area contributed by atoms with E-state index < -0.39 is 14.1 Å². The summed E-state index contributed by atoms with van der Waals surface area (Å²) in [5.74, 6) is 7.16. The molecular weight excluding hydrogens is 620 g/mol. The Morgan fingerprint density at radius 2 is 0.681 bits per heavy atom. The van der Waals surface area contributed by atoms with Gasteiger partial charge in [0.25, 0.3) is 0 Å². The number of hydrogen-bond donors (Lipinski definition) is 0. The van der Waals surface area contributed by atoms with Crippen molar-refractivity contribution in [1.82, 2.24) is 4.17 Å². The SMILES string of the molecule is O=C=c1cc(P(=[N+]=P(c2ccccc2)(c2ccccc2)c2ccccc2)(c2ccccc2)c2ccccc2)c(=C=O)c(=C=O)c1=C=O. The van der Waals surface area contributed by atoms with Crippen LogP contribution in [-0.4, -0.2) is 23.8 Å². The fourth-order valence-corrected chi connectivity index (χ4v) is 15.5. The fourth-order valence-electron chi connectivity index (χ4n) is 5.92. The van der Waals surface area contributed by atoms with E-state index in [1.54, 1.807) is 11.9 Å². The first-order chi connectivity index (χ1) is 23.1. The lowest BCUT2D eigenvalue weighted by Gasteiger charge is -2.20. The third-order valence-corrected chi connectivity index (χ3v) is 16.4. The first-order valence-electron chi connectivity index (χ1n) is 14.7. The second kappa shape index (κ2) is 13.7. The summed E-state index contributed by atoms with van der Waals surface area (Å²) in [5, 5.41) is 3.57. The molecule has 0 aromatic heterocycles. The highest BCUT2D eigenvalue weighted by molar-refractivity contribution is 7.93. The molecule has 0 aliphatic heterocycles. The summed E-state index contributed by atoms with van der Waals surface area (Å²) in [4.78, 5) is 50.0. The van der Waals surface area contributed by atoms with E-state index in [0.29, 0.717) is 5.30 Å². The maximum Gasteiger partial charge on any atom is 0.302 e. The van der Waals surface area contributed by atoms with Crippen molar-refractivity contribution in [3.8, 4) is 0 Å². The molecule has 0 N–H and O–H groups in total. The van der Waals surface area contributed by atoms with Gasteiger partial charge >= 0.3 is 14.1 Å². The van der Waals surface area contributed by atoms with Crippen LogP contribution in [0.15, 0.2) is 158 Å². The minimum absolute atomic E-state index is 0.186. The molecule has 0 unspecified atom stereocenters. The monoisotopic (exact) mass is 646 g/mol. The Bertz CT molecular complexity index is 2420. The van der Waals surface area contributed by atoms with Gasteiger partial charge in [-0.25, -0.2) is 19.2 Å². The Morgan fingerprint density at radius 3 is 0.979 bits per heavy atom. The van der Waals surface area contributed by atoms with Crippen molar-refractivity contribution in [2.75, 3.05) is 0 Å². The molecule has 0 atom stereocenters. The maximum atomic E-state index is 13.0. The van der Waals surface area contributed by atoms with E-state index in [1.165, 1.54) is 6.07 Å². The highest BCUT2D eigenvalue weighted by Gasteiger charge is 2.45. The van der Waals surface area contributed by atoms with E-state index >= 15 is 0 Å². The first-order valence-corrected chi connectivity index (χ1v) is 18.2.